The second kappa shape index (κ2) is 11.5. The second-order valence-corrected chi connectivity index (χ2v) is 8.05. The van der Waals surface area contributed by atoms with E-state index in [0.29, 0.717) is 12.1 Å². The minimum atomic E-state index is -0.799. The van der Waals surface area contributed by atoms with Crippen LogP contribution in [0.2, 0.25) is 0 Å². The van der Waals surface area contributed by atoms with Crippen molar-refractivity contribution in [3.63, 3.8) is 0 Å². The maximum absolute atomic E-state index is 11.9. The predicted octanol–water partition coefficient (Wildman–Crippen LogP) is 5.14. The number of carbonyl (C=O) groups is 1. The lowest BCUT2D eigenvalue weighted by Gasteiger charge is -2.22. The number of rotatable bonds is 1. The molecule has 158 valence electrons. The Labute approximate surface area is 174 Å². The summed E-state index contributed by atoms with van der Waals surface area (Å²) in [7, 11) is 0. The maximum Gasteiger partial charge on any atom is 0.408 e. The Balaban J connectivity index is 0.000000351. The number of carbonyl (C=O) groups excluding carboxylic acids is 1. The third-order valence-corrected chi connectivity index (χ3v) is 4.70. The van der Waals surface area contributed by atoms with E-state index in [1.807, 2.05) is 20.8 Å². The van der Waals surface area contributed by atoms with Crippen LogP contribution in [-0.4, -0.2) is 21.8 Å². The van der Waals surface area contributed by atoms with Crippen LogP contribution in [0, 0.1) is 24.5 Å². The van der Waals surface area contributed by atoms with Crippen LogP contribution in [-0.2, 0) is 4.74 Å². The number of nitrogens with one attached hydrogen (secondary N) is 1. The van der Waals surface area contributed by atoms with Gasteiger partial charge in [-0.15, -0.1) is 24.2 Å². The number of hydrogen-bond acceptors (Lipinski definition) is 5. The van der Waals surface area contributed by atoms with Gasteiger partial charge in [-0.05, 0) is 52.2 Å². The van der Waals surface area contributed by atoms with E-state index in [0.717, 1.165) is 29.9 Å². The molecule has 0 fully saturated rings. The minimum absolute atomic E-state index is 0.116. The zero-order valence-electron chi connectivity index (χ0n) is 16.7. The molecule has 1 aliphatic rings. The molecular weight excluding hydrogens is 398 g/mol. The molecule has 2 N–H and O–H groups in total. The molecule has 29 heavy (non-hydrogen) atoms. The highest BCUT2D eigenvalue weighted by Crippen LogP contribution is 2.36. The van der Waals surface area contributed by atoms with Gasteiger partial charge < -0.3 is 15.2 Å². The van der Waals surface area contributed by atoms with Crippen molar-refractivity contribution in [1.29, 1.82) is 0 Å². The van der Waals surface area contributed by atoms with Gasteiger partial charge in [0.25, 0.3) is 0 Å². The first-order valence-corrected chi connectivity index (χ1v) is 9.89. The summed E-state index contributed by atoms with van der Waals surface area (Å²) in [4.78, 5) is 17.0. The lowest BCUT2D eigenvalue weighted by atomic mass is 10.1. The van der Waals surface area contributed by atoms with E-state index in [-0.39, 0.29) is 6.04 Å². The third-order valence-electron chi connectivity index (χ3n) is 3.74. The number of aliphatic hydroxyl groups excluding tert-OH is 1. The van der Waals surface area contributed by atoms with Crippen molar-refractivity contribution in [2.24, 2.45) is 0 Å². The molecule has 3 rings (SSSR count). The number of thiazole rings is 1. The van der Waals surface area contributed by atoms with Crippen molar-refractivity contribution in [3.05, 3.63) is 52.0 Å². The Hall–Kier alpha value is -2.50. The van der Waals surface area contributed by atoms with Gasteiger partial charge in [0.15, 0.2) is 11.6 Å². The Kier molecular flexibility index (Phi) is 9.72. The summed E-state index contributed by atoms with van der Waals surface area (Å²) in [6.45, 7) is 5.50. The molecule has 1 aromatic carbocycles. The standard InChI is InChI=1S/C13H20N2O3S.C6H4F2.C2H2/c1-13(2,3)18-12(17)15-8-5-4-6-9(16)10-11(8)19-7-14-10;7-5-3-1-2-4-6(5)8;1-2/h7-9,16H,4-6H2,1-3H3,(H,15,17);1-4H;1-2H/t8-,9+;;/m0../s1. The molecule has 0 bridgehead atoms. The highest BCUT2D eigenvalue weighted by molar-refractivity contribution is 7.09. The fourth-order valence-corrected chi connectivity index (χ4v) is 3.52. The lowest BCUT2D eigenvalue weighted by Crippen LogP contribution is -2.34. The van der Waals surface area contributed by atoms with Gasteiger partial charge >= 0.3 is 6.09 Å². The Bertz CT molecular complexity index is 781. The SMILES string of the molecule is C#C.CC(C)(C)OC(=O)N[C@H]1CCC[C@@H](O)c2ncsc21.Fc1ccccc1F. The quantitative estimate of drug-likeness (QED) is 0.491. The van der Waals surface area contributed by atoms with Crippen LogP contribution in [0.5, 0.6) is 0 Å². The minimum Gasteiger partial charge on any atom is -0.444 e. The highest BCUT2D eigenvalue weighted by atomic mass is 32.1. The summed E-state index contributed by atoms with van der Waals surface area (Å²) in [5, 5.41) is 12.8. The molecule has 0 saturated heterocycles. The molecule has 2 atom stereocenters. The molecule has 0 aliphatic heterocycles. The zero-order valence-corrected chi connectivity index (χ0v) is 17.5. The van der Waals surface area contributed by atoms with Crippen LogP contribution in [0.1, 0.15) is 62.8 Å². The topological polar surface area (TPSA) is 71.5 Å². The highest BCUT2D eigenvalue weighted by Gasteiger charge is 2.28. The number of aliphatic hydroxyl groups is 1. The van der Waals surface area contributed by atoms with E-state index in [9.17, 15) is 18.7 Å². The first-order valence-electron chi connectivity index (χ1n) is 9.01. The van der Waals surface area contributed by atoms with E-state index in [1.165, 1.54) is 23.5 Å². The predicted molar refractivity (Wildman–Crippen MR) is 109 cm³/mol. The molecule has 1 heterocycles. The van der Waals surface area contributed by atoms with Gasteiger partial charge in [0.2, 0.25) is 0 Å². The van der Waals surface area contributed by atoms with E-state index in [4.69, 9.17) is 4.74 Å². The Morgan fingerprint density at radius 3 is 2.34 bits per heavy atom. The van der Waals surface area contributed by atoms with Crippen LogP contribution in [0.15, 0.2) is 29.8 Å². The number of terminal acetylenes is 1. The molecule has 1 amide bonds. The van der Waals surface area contributed by atoms with E-state index >= 15 is 0 Å². The summed E-state index contributed by atoms with van der Waals surface area (Å²) < 4.78 is 29.2. The largest absolute Gasteiger partial charge is 0.444 e. The first kappa shape index (κ1) is 24.5. The smallest absolute Gasteiger partial charge is 0.408 e. The van der Waals surface area contributed by atoms with Crippen LogP contribution in [0.4, 0.5) is 13.6 Å². The number of fused-ring (bicyclic) bond motifs is 1. The van der Waals surface area contributed by atoms with Crippen molar-refractivity contribution in [1.82, 2.24) is 10.3 Å². The number of alkyl carbamates (subject to hydrolysis) is 1. The van der Waals surface area contributed by atoms with Gasteiger partial charge in [0.1, 0.15) is 5.60 Å². The number of hydrogen-bond donors (Lipinski definition) is 2. The van der Waals surface area contributed by atoms with Crippen molar-refractivity contribution >= 4 is 17.4 Å². The van der Waals surface area contributed by atoms with Crippen molar-refractivity contribution < 1.29 is 23.4 Å². The van der Waals surface area contributed by atoms with Gasteiger partial charge in [-0.2, -0.15) is 0 Å². The average molecular weight is 425 g/mol. The van der Waals surface area contributed by atoms with Gasteiger partial charge in [0, 0.05) is 0 Å². The van der Waals surface area contributed by atoms with Crippen molar-refractivity contribution in [2.45, 2.75) is 57.8 Å². The molecule has 1 aromatic heterocycles. The Morgan fingerprint density at radius 2 is 1.83 bits per heavy atom. The second-order valence-electron chi connectivity index (χ2n) is 7.16. The summed E-state index contributed by atoms with van der Waals surface area (Å²) in [5.74, 6) is -1.60. The fourth-order valence-electron chi connectivity index (χ4n) is 2.58. The van der Waals surface area contributed by atoms with E-state index in [2.05, 4.69) is 23.1 Å². The maximum atomic E-state index is 11.9. The fraction of sp³-hybridized carbons (Fsp3) is 0.429. The van der Waals surface area contributed by atoms with Crippen LogP contribution in [0.25, 0.3) is 0 Å². The van der Waals surface area contributed by atoms with Crippen LogP contribution >= 0.6 is 11.3 Å². The Morgan fingerprint density at radius 1 is 1.24 bits per heavy atom. The number of amides is 1. The first-order chi connectivity index (χ1) is 13.7. The molecule has 8 heteroatoms. The number of ether oxygens (including phenoxy) is 1. The summed E-state index contributed by atoms with van der Waals surface area (Å²) >= 11 is 1.47. The number of halogens is 2. The number of nitrogens with zero attached hydrogens (tertiary/aromatic N) is 1. The molecule has 1 aliphatic carbocycles. The number of aromatic nitrogens is 1. The van der Waals surface area contributed by atoms with Gasteiger partial charge in [-0.1, -0.05) is 12.1 Å². The summed E-state index contributed by atoms with van der Waals surface area (Å²) in [6.07, 6.45) is 9.39. The molecule has 2 aromatic rings. The monoisotopic (exact) mass is 424 g/mol. The van der Waals surface area contributed by atoms with Gasteiger partial charge in [0.05, 0.1) is 28.2 Å². The van der Waals surface area contributed by atoms with Gasteiger partial charge in [-0.3, -0.25) is 0 Å². The normalized spacial score (nSPS) is 17.9. The third kappa shape index (κ3) is 8.18. The van der Waals surface area contributed by atoms with Crippen molar-refractivity contribution in [2.75, 3.05) is 0 Å². The van der Waals surface area contributed by atoms with E-state index < -0.39 is 29.4 Å². The number of benzene rings is 1. The average Bonchev–Trinajstić information content (AvgIpc) is 3.09. The lowest BCUT2D eigenvalue weighted by molar-refractivity contribution is 0.0502. The van der Waals surface area contributed by atoms with Gasteiger partial charge in [-0.25, -0.2) is 18.6 Å². The van der Waals surface area contributed by atoms with Crippen molar-refractivity contribution in [3.8, 4) is 12.8 Å². The molecule has 0 unspecified atom stereocenters. The molecule has 5 nitrogen and oxygen atoms in total. The molecule has 0 saturated carbocycles. The zero-order chi connectivity index (χ0) is 22.0. The summed E-state index contributed by atoms with van der Waals surface area (Å²) in [6, 6.07) is 4.93. The van der Waals surface area contributed by atoms with E-state index in [1.54, 1.807) is 5.51 Å². The summed E-state index contributed by atoms with van der Waals surface area (Å²) in [5.41, 5.74) is 1.90. The molecule has 0 spiro atoms. The molecular formula is C21H26F2N2O3S. The van der Waals surface area contributed by atoms with Crippen LogP contribution < -0.4 is 5.32 Å². The van der Waals surface area contributed by atoms with Crippen LogP contribution in [0.3, 0.4) is 0 Å². The molecule has 0 radical (unpaired) electrons.